The average Bonchev–Trinajstić information content (AvgIpc) is 0.745. The number of methoxy groups -OCH3 is 3. The number of amides is 2. The number of hydrogen-bond acceptors (Lipinski definition) is 18. The van der Waals surface area contributed by atoms with Gasteiger partial charge in [0.2, 0.25) is 5.79 Å². The number of ketones is 2. The molecule has 4 N–H and O–H groups in total. The first kappa shape index (κ1) is 79.3. The lowest BCUT2D eigenvalue weighted by Crippen LogP contribution is -2.64. The number of aromatic carboxylic acids is 1. The molecule has 0 radical (unpaired) electrons. The van der Waals surface area contributed by atoms with Crippen LogP contribution in [0.3, 0.4) is 0 Å². The molecule has 0 spiro atoms. The van der Waals surface area contributed by atoms with Gasteiger partial charge in [-0.1, -0.05) is 98.2 Å². The Morgan fingerprint density at radius 2 is 1.43 bits per heavy atom. The lowest BCUT2D eigenvalue weighted by Gasteiger charge is -2.47. The predicted octanol–water partition coefficient (Wildman–Crippen LogP) is 13.7. The molecule has 4 heterocycles. The molecule has 2 aromatic carbocycles. The fourth-order valence-electron chi connectivity index (χ4n) is 14.5. The number of hydrogen-bond donors (Lipinski definition) is 4. The van der Waals surface area contributed by atoms with Crippen LogP contribution >= 0.6 is 0 Å². The van der Waals surface area contributed by atoms with E-state index in [0.29, 0.717) is 59.8 Å². The van der Waals surface area contributed by atoms with Gasteiger partial charge in [0.15, 0.2) is 22.1 Å². The number of esters is 1. The number of cyclic esters (lactones) is 1. The van der Waals surface area contributed by atoms with Gasteiger partial charge in [-0.2, -0.15) is 0 Å². The Labute approximate surface area is 592 Å². The number of phenols is 1. The summed E-state index contributed by atoms with van der Waals surface area (Å²) in [5.74, 6) is -9.86. The second-order valence-electron chi connectivity index (χ2n) is 31.6. The first-order valence-corrected chi connectivity index (χ1v) is 41.4. The third kappa shape index (κ3) is 18.0. The van der Waals surface area contributed by atoms with Crippen LogP contribution in [-0.2, 0) is 63.0 Å². The number of rotatable bonds is 16. The number of Topliss-reactive ketones (excluding diaryl/α,β-unsaturated/α-hetero) is 2. The highest BCUT2D eigenvalue weighted by Crippen LogP contribution is 2.47. The van der Waals surface area contributed by atoms with Crippen molar-refractivity contribution in [3.63, 3.8) is 0 Å². The van der Waals surface area contributed by atoms with Gasteiger partial charge >= 0.3 is 18.0 Å². The SMILES string of the molecule is CO[C@H]1C[C@@H](C)C/C(C)=C/[C@@H](CCOC(=O)NCc2c(O)ccc3c(-c4ccccc4C(=O)O)c4ccc(=O)cc-4oc23)C(=O)C[C@H](O[Si](C)(C)C(C)(C)C)[C@@H](C)[C@@H](/C(C)=C/C2CC[C@@H](O[Si](C)(C)C(C)(C)C)[C@H](OC)C2)OC(=O)C2CCCCN2C(=O)C(=O)[C@]2(O)O[C@H]1[C@@H](OC)C[C@H]2C. The minimum Gasteiger partial charge on any atom is -0.507 e. The molecule has 4 aliphatic heterocycles. The molecule has 14 atom stereocenters. The van der Waals surface area contributed by atoms with Gasteiger partial charge in [-0.05, 0) is 168 Å². The molecule has 2 saturated heterocycles. The number of nitrogens with zero attached hydrogens (tertiary/aromatic N) is 1. The van der Waals surface area contributed by atoms with Crippen molar-refractivity contribution in [1.82, 2.24) is 10.2 Å². The molecular weight excluding hydrogens is 1310 g/mol. The van der Waals surface area contributed by atoms with E-state index in [-0.39, 0.29) is 119 Å². The number of ether oxygens (including phenoxy) is 6. The van der Waals surface area contributed by atoms with E-state index in [1.54, 1.807) is 44.4 Å². The number of carboxylic acids is 1. The Morgan fingerprint density at radius 3 is 2.08 bits per heavy atom. The molecule has 3 fully saturated rings. The number of nitrogens with one attached hydrogen (secondary N) is 1. The Kier molecular flexibility index (Phi) is 25.8. The number of carbonyl (C=O) groups is 6. The molecular formula is C77H110N2O19Si2. The van der Waals surface area contributed by atoms with Crippen molar-refractivity contribution >= 4 is 63.1 Å². The summed E-state index contributed by atoms with van der Waals surface area (Å²) >= 11 is 0. The summed E-state index contributed by atoms with van der Waals surface area (Å²) in [7, 11) is -0.281. The molecule has 2 amide bonds. The maximum Gasteiger partial charge on any atom is 0.407 e. The van der Waals surface area contributed by atoms with Crippen molar-refractivity contribution in [3.05, 3.63) is 99.2 Å². The van der Waals surface area contributed by atoms with Crippen molar-refractivity contribution in [2.24, 2.45) is 29.6 Å². The molecule has 2 aromatic rings. The fraction of sp³-hybridized carbons (Fsp3) is 0.623. The van der Waals surface area contributed by atoms with Crippen LogP contribution in [0.15, 0.2) is 87.1 Å². The summed E-state index contributed by atoms with van der Waals surface area (Å²) < 4.78 is 58.2. The third-order valence-electron chi connectivity index (χ3n) is 22.3. The molecule has 100 heavy (non-hydrogen) atoms. The summed E-state index contributed by atoms with van der Waals surface area (Å²) in [5.41, 5.74) is 2.59. The van der Waals surface area contributed by atoms with Crippen LogP contribution in [0.2, 0.25) is 36.3 Å². The van der Waals surface area contributed by atoms with Crippen molar-refractivity contribution < 1.29 is 85.8 Å². The first-order chi connectivity index (χ1) is 46.8. The van der Waals surface area contributed by atoms with Crippen molar-refractivity contribution in [2.45, 2.75) is 244 Å². The number of aromatic hydroxyl groups is 1. The Balaban J connectivity index is 1.17. The lowest BCUT2D eigenvalue weighted by molar-refractivity contribution is -0.302. The van der Waals surface area contributed by atoms with Crippen molar-refractivity contribution in [3.8, 4) is 28.2 Å². The number of phenolic OH excluding ortho intramolecular Hbond substituents is 1. The number of benzene rings is 3. The quantitative estimate of drug-likeness (QED) is 0.0267. The average molecular weight is 1420 g/mol. The van der Waals surface area contributed by atoms with E-state index in [2.05, 4.69) is 79.1 Å². The van der Waals surface area contributed by atoms with Gasteiger partial charge in [0, 0.05) is 74.6 Å². The molecule has 2 bridgehead atoms. The largest absolute Gasteiger partial charge is 0.507 e. The molecule has 550 valence electrons. The zero-order valence-electron chi connectivity index (χ0n) is 62.1. The highest BCUT2D eigenvalue weighted by atomic mass is 28.4. The second kappa shape index (κ2) is 32.5. The van der Waals surface area contributed by atoms with Gasteiger partial charge in [-0.25, -0.2) is 14.4 Å². The van der Waals surface area contributed by atoms with E-state index >= 15 is 9.59 Å². The molecule has 2 aliphatic carbocycles. The summed E-state index contributed by atoms with van der Waals surface area (Å²) in [4.78, 5) is 102. The number of piperidine rings is 1. The fourth-order valence-corrected chi connectivity index (χ4v) is 17.3. The van der Waals surface area contributed by atoms with Gasteiger partial charge in [0.1, 0.15) is 41.1 Å². The highest BCUT2D eigenvalue weighted by molar-refractivity contribution is 6.74. The number of aliphatic hydroxyl groups is 1. The van der Waals surface area contributed by atoms with Gasteiger partial charge < -0.3 is 67.2 Å². The zero-order chi connectivity index (χ0) is 73.7. The van der Waals surface area contributed by atoms with E-state index in [0.717, 1.165) is 18.4 Å². The summed E-state index contributed by atoms with van der Waals surface area (Å²) in [6.45, 7) is 30.5. The van der Waals surface area contributed by atoms with Gasteiger partial charge in [0.25, 0.3) is 11.7 Å². The highest BCUT2D eigenvalue weighted by Gasteiger charge is 2.57. The van der Waals surface area contributed by atoms with E-state index < -0.39 is 106 Å². The van der Waals surface area contributed by atoms with Crippen LogP contribution in [0, 0.1) is 29.6 Å². The molecule has 1 saturated carbocycles. The number of fused-ring (bicyclic) bond motifs is 5. The molecule has 21 nitrogen and oxygen atoms in total. The smallest absolute Gasteiger partial charge is 0.407 e. The van der Waals surface area contributed by atoms with E-state index in [1.807, 2.05) is 33.8 Å². The van der Waals surface area contributed by atoms with E-state index in [4.69, 9.17) is 41.7 Å². The topological polar surface area (TPSA) is 282 Å². The molecule has 23 heteroatoms. The Morgan fingerprint density at radius 1 is 0.780 bits per heavy atom. The molecule has 2 unspecified atom stereocenters. The summed E-state index contributed by atoms with van der Waals surface area (Å²) in [5, 5.41) is 37.0. The van der Waals surface area contributed by atoms with E-state index in [1.165, 1.54) is 43.4 Å². The second-order valence-corrected chi connectivity index (χ2v) is 41.2. The minimum atomic E-state index is -2.81. The molecule has 0 aromatic heterocycles. The standard InChI is InChI=1S/C77H110N2O19Si2/c1-44-35-45(2)37-64(91-13)69-65(92-14)39-47(4)77(89,96-69)70(83)71(84)79-33-22-21-25-57(79)73(87)95-67(46(3)38-49-26-31-60(63(40-49)90-12)97-99(15,16)75(6,7)8)48(5)61(98-100(17,18)76(9,10)11)42-59(82)50(36-44)32-34-93-74(88)78-43-56-58(81)30-29-55-66(52-23-19-20-24-53(52)72(85)86)54-28-27-51(80)41-62(54)94-68(55)56/h19-20,23-24,27-30,36,38,41,45,47-50,57,60-61,63-65,67,69,81,89H,21-22,25-26,31-35,37,39-40,42-43H2,1-18H3,(H,78,88)(H,85,86)/b44-36+,46-38+/t45-,47+,48+,49?,50+,57?,60+,61-,63+,64-,65-,67+,69+,77+/m0/s1. The monoisotopic (exact) mass is 1420 g/mol. The van der Waals surface area contributed by atoms with Crippen LogP contribution in [0.1, 0.15) is 163 Å². The summed E-state index contributed by atoms with van der Waals surface area (Å²) in [6.07, 6.45) is 2.53. The van der Waals surface area contributed by atoms with Crippen molar-refractivity contribution in [1.29, 1.82) is 0 Å². The molecule has 6 aliphatic rings. The number of carboxylic acid groups (broad SMARTS) is 1. The van der Waals surface area contributed by atoms with Crippen LogP contribution < -0.4 is 10.7 Å². The van der Waals surface area contributed by atoms with E-state index in [9.17, 15) is 39.3 Å². The van der Waals surface area contributed by atoms with Gasteiger partial charge in [-0.15, -0.1) is 0 Å². The van der Waals surface area contributed by atoms with Gasteiger partial charge in [-0.3, -0.25) is 19.2 Å². The third-order valence-corrected chi connectivity index (χ3v) is 31.3. The molecule has 8 rings (SSSR count). The van der Waals surface area contributed by atoms with Crippen LogP contribution in [0.5, 0.6) is 5.75 Å². The maximum atomic E-state index is 15.8. The minimum absolute atomic E-state index is 0.00582. The Bertz CT molecular complexity index is 3700. The summed E-state index contributed by atoms with van der Waals surface area (Å²) in [6, 6.07) is 12.4. The normalized spacial score (nSPS) is 29.1. The first-order valence-electron chi connectivity index (χ1n) is 35.6. The number of alkyl carbamates (subject to hydrolysis) is 1. The van der Waals surface area contributed by atoms with Crippen LogP contribution in [0.4, 0.5) is 4.79 Å². The zero-order valence-corrected chi connectivity index (χ0v) is 64.1. The Hall–Kier alpha value is -6.42. The lowest BCUT2D eigenvalue weighted by atomic mass is 9.81. The van der Waals surface area contributed by atoms with Crippen molar-refractivity contribution in [2.75, 3.05) is 34.5 Å². The maximum absolute atomic E-state index is 15.8. The van der Waals surface area contributed by atoms with Crippen LogP contribution in [-0.4, -0.2) is 161 Å². The van der Waals surface area contributed by atoms with Crippen LogP contribution in [0.25, 0.3) is 33.4 Å². The number of carbonyl (C=O) groups excluding carboxylic acids is 5. The number of allylic oxidation sites excluding steroid dienone is 3. The van der Waals surface area contributed by atoms with Gasteiger partial charge in [0.05, 0.1) is 54.8 Å². The predicted molar refractivity (Wildman–Crippen MR) is 386 cm³/mol.